The molecule has 1 amide bonds. The van der Waals surface area contributed by atoms with Crippen LogP contribution in [0.1, 0.15) is 29.3 Å². The van der Waals surface area contributed by atoms with E-state index in [4.69, 9.17) is 0 Å². The fourth-order valence-electron chi connectivity index (χ4n) is 2.74. The maximum Gasteiger partial charge on any atom is 0.258 e. The molecule has 0 fully saturated rings. The molecule has 1 N–H and O–H groups in total. The van der Waals surface area contributed by atoms with Gasteiger partial charge in [-0.2, -0.15) is 0 Å². The number of hydrogen-bond donors (Lipinski definition) is 1. The first-order valence-corrected chi connectivity index (χ1v) is 7.39. The summed E-state index contributed by atoms with van der Waals surface area (Å²) in [6.07, 6.45) is 3.73. The minimum Gasteiger partial charge on any atom is -0.370 e. The molecule has 1 aromatic heterocycles. The SMILES string of the molecule is CCNc1cc(C(=O)N2CCCc3ccccc32)ccn1. The molecule has 108 valence electrons. The summed E-state index contributed by atoms with van der Waals surface area (Å²) in [5.41, 5.74) is 2.96. The normalized spacial score (nSPS) is 13.7. The lowest BCUT2D eigenvalue weighted by Crippen LogP contribution is -2.35. The molecule has 0 saturated heterocycles. The monoisotopic (exact) mass is 281 g/mol. The Bertz CT molecular complexity index is 654. The highest BCUT2D eigenvalue weighted by Gasteiger charge is 2.23. The highest BCUT2D eigenvalue weighted by Crippen LogP contribution is 2.28. The summed E-state index contributed by atoms with van der Waals surface area (Å²) in [6, 6.07) is 11.7. The van der Waals surface area contributed by atoms with E-state index >= 15 is 0 Å². The fraction of sp³-hybridized carbons (Fsp3) is 0.294. The van der Waals surface area contributed by atoms with Gasteiger partial charge in [0.25, 0.3) is 5.91 Å². The van der Waals surface area contributed by atoms with E-state index in [9.17, 15) is 4.79 Å². The highest BCUT2D eigenvalue weighted by atomic mass is 16.2. The van der Waals surface area contributed by atoms with Crippen LogP contribution in [0.15, 0.2) is 42.6 Å². The van der Waals surface area contributed by atoms with Gasteiger partial charge in [-0.05, 0) is 43.5 Å². The van der Waals surface area contributed by atoms with Gasteiger partial charge < -0.3 is 10.2 Å². The fourth-order valence-corrected chi connectivity index (χ4v) is 2.74. The van der Waals surface area contributed by atoms with Crippen LogP contribution < -0.4 is 10.2 Å². The number of benzene rings is 1. The molecular weight excluding hydrogens is 262 g/mol. The van der Waals surface area contributed by atoms with Gasteiger partial charge in [-0.15, -0.1) is 0 Å². The topological polar surface area (TPSA) is 45.2 Å². The zero-order valence-electron chi connectivity index (χ0n) is 12.2. The van der Waals surface area contributed by atoms with E-state index in [1.54, 1.807) is 12.3 Å². The molecule has 0 radical (unpaired) electrons. The van der Waals surface area contributed by atoms with Gasteiger partial charge in [0.2, 0.25) is 0 Å². The molecule has 0 aliphatic carbocycles. The van der Waals surface area contributed by atoms with Gasteiger partial charge in [0, 0.05) is 30.5 Å². The lowest BCUT2D eigenvalue weighted by atomic mass is 10.0. The smallest absolute Gasteiger partial charge is 0.258 e. The molecule has 0 spiro atoms. The van der Waals surface area contributed by atoms with Crippen molar-refractivity contribution in [3.63, 3.8) is 0 Å². The molecule has 3 rings (SSSR count). The van der Waals surface area contributed by atoms with Crippen LogP contribution in [-0.4, -0.2) is 24.0 Å². The first-order chi connectivity index (χ1) is 10.3. The Balaban J connectivity index is 1.91. The molecule has 21 heavy (non-hydrogen) atoms. The molecule has 1 aliphatic heterocycles. The van der Waals surface area contributed by atoms with Gasteiger partial charge in [0.1, 0.15) is 5.82 Å². The lowest BCUT2D eigenvalue weighted by Gasteiger charge is -2.29. The van der Waals surface area contributed by atoms with Crippen LogP contribution in [-0.2, 0) is 6.42 Å². The summed E-state index contributed by atoms with van der Waals surface area (Å²) in [7, 11) is 0. The van der Waals surface area contributed by atoms with E-state index in [-0.39, 0.29) is 5.91 Å². The van der Waals surface area contributed by atoms with Crippen molar-refractivity contribution < 1.29 is 4.79 Å². The predicted molar refractivity (Wildman–Crippen MR) is 84.8 cm³/mol. The first-order valence-electron chi connectivity index (χ1n) is 7.39. The van der Waals surface area contributed by atoms with Crippen LogP contribution >= 0.6 is 0 Å². The number of hydrogen-bond acceptors (Lipinski definition) is 3. The molecule has 1 aromatic carbocycles. The minimum atomic E-state index is 0.0451. The van der Waals surface area contributed by atoms with E-state index in [1.807, 2.05) is 36.1 Å². The third-order valence-electron chi connectivity index (χ3n) is 3.72. The number of nitrogens with one attached hydrogen (secondary N) is 1. The Morgan fingerprint density at radius 1 is 1.33 bits per heavy atom. The van der Waals surface area contributed by atoms with Crippen LogP contribution in [0, 0.1) is 0 Å². The number of para-hydroxylation sites is 1. The average molecular weight is 281 g/mol. The largest absolute Gasteiger partial charge is 0.370 e. The van der Waals surface area contributed by atoms with E-state index in [2.05, 4.69) is 16.4 Å². The van der Waals surface area contributed by atoms with E-state index < -0.39 is 0 Å². The number of rotatable bonds is 3. The van der Waals surface area contributed by atoms with Crippen molar-refractivity contribution in [2.45, 2.75) is 19.8 Å². The maximum atomic E-state index is 12.8. The Hall–Kier alpha value is -2.36. The van der Waals surface area contributed by atoms with Crippen molar-refractivity contribution in [1.29, 1.82) is 0 Å². The quantitative estimate of drug-likeness (QED) is 0.940. The van der Waals surface area contributed by atoms with Gasteiger partial charge in [0.15, 0.2) is 0 Å². The van der Waals surface area contributed by atoms with Gasteiger partial charge in [-0.3, -0.25) is 4.79 Å². The second-order valence-corrected chi connectivity index (χ2v) is 5.15. The number of amides is 1. The summed E-state index contributed by atoms with van der Waals surface area (Å²) in [4.78, 5) is 18.9. The van der Waals surface area contributed by atoms with Crippen LogP contribution in [0.4, 0.5) is 11.5 Å². The van der Waals surface area contributed by atoms with Crippen molar-refractivity contribution in [3.05, 3.63) is 53.7 Å². The number of carbonyl (C=O) groups is 1. The zero-order valence-corrected chi connectivity index (χ0v) is 12.2. The van der Waals surface area contributed by atoms with E-state index in [0.29, 0.717) is 5.56 Å². The third kappa shape index (κ3) is 2.75. The van der Waals surface area contributed by atoms with E-state index in [1.165, 1.54) is 5.56 Å². The number of fused-ring (bicyclic) bond motifs is 1. The van der Waals surface area contributed by atoms with Gasteiger partial charge >= 0.3 is 0 Å². The Kier molecular flexibility index (Phi) is 3.86. The van der Waals surface area contributed by atoms with Crippen molar-refractivity contribution in [1.82, 2.24) is 4.98 Å². The second-order valence-electron chi connectivity index (χ2n) is 5.15. The molecule has 4 nitrogen and oxygen atoms in total. The number of nitrogens with zero attached hydrogens (tertiary/aromatic N) is 2. The van der Waals surface area contributed by atoms with Crippen LogP contribution in [0.3, 0.4) is 0 Å². The lowest BCUT2D eigenvalue weighted by molar-refractivity contribution is 0.0985. The average Bonchev–Trinajstić information content (AvgIpc) is 2.54. The van der Waals surface area contributed by atoms with E-state index in [0.717, 1.165) is 37.4 Å². The number of aryl methyl sites for hydroxylation is 1. The summed E-state index contributed by atoms with van der Waals surface area (Å²) < 4.78 is 0. The van der Waals surface area contributed by atoms with Crippen molar-refractivity contribution >= 4 is 17.4 Å². The molecule has 4 heteroatoms. The molecular formula is C17H19N3O. The Morgan fingerprint density at radius 2 is 2.19 bits per heavy atom. The molecule has 2 aromatic rings. The number of pyridine rings is 1. The van der Waals surface area contributed by atoms with Crippen molar-refractivity contribution in [2.75, 3.05) is 23.3 Å². The molecule has 1 aliphatic rings. The predicted octanol–water partition coefficient (Wildman–Crippen LogP) is 3.11. The standard InChI is InChI=1S/C17H19N3O/c1-2-18-16-12-14(9-10-19-16)17(21)20-11-5-7-13-6-3-4-8-15(13)20/h3-4,6,8-10,12H,2,5,7,11H2,1H3,(H,18,19). The maximum absolute atomic E-state index is 12.8. The Labute approximate surface area is 124 Å². The van der Waals surface area contributed by atoms with Gasteiger partial charge in [-0.1, -0.05) is 18.2 Å². The summed E-state index contributed by atoms with van der Waals surface area (Å²) >= 11 is 0. The third-order valence-corrected chi connectivity index (χ3v) is 3.72. The summed E-state index contributed by atoms with van der Waals surface area (Å²) in [5.74, 6) is 0.789. The second kappa shape index (κ2) is 5.95. The zero-order chi connectivity index (χ0) is 14.7. The summed E-state index contributed by atoms with van der Waals surface area (Å²) in [6.45, 7) is 3.57. The molecule has 0 saturated carbocycles. The number of anilines is 2. The Morgan fingerprint density at radius 3 is 3.05 bits per heavy atom. The van der Waals surface area contributed by atoms with Gasteiger partial charge in [0.05, 0.1) is 0 Å². The minimum absolute atomic E-state index is 0.0451. The summed E-state index contributed by atoms with van der Waals surface area (Å²) in [5, 5.41) is 3.14. The van der Waals surface area contributed by atoms with Crippen LogP contribution in [0.2, 0.25) is 0 Å². The van der Waals surface area contributed by atoms with Crippen LogP contribution in [0.5, 0.6) is 0 Å². The van der Waals surface area contributed by atoms with Crippen LogP contribution in [0.25, 0.3) is 0 Å². The molecule has 0 atom stereocenters. The first kappa shape index (κ1) is 13.6. The molecule has 0 bridgehead atoms. The molecule has 0 unspecified atom stereocenters. The van der Waals surface area contributed by atoms with Gasteiger partial charge in [-0.25, -0.2) is 4.98 Å². The van der Waals surface area contributed by atoms with Crippen molar-refractivity contribution in [3.8, 4) is 0 Å². The number of carbonyl (C=O) groups excluding carboxylic acids is 1. The number of aromatic nitrogens is 1. The molecule has 2 heterocycles. The highest BCUT2D eigenvalue weighted by molar-refractivity contribution is 6.07. The van der Waals surface area contributed by atoms with Crippen molar-refractivity contribution in [2.24, 2.45) is 0 Å².